The Morgan fingerprint density at radius 1 is 1.06 bits per heavy atom. The first-order chi connectivity index (χ1) is 15.9. The van der Waals surface area contributed by atoms with Crippen LogP contribution in [0, 0.1) is 5.92 Å². The molecule has 33 heavy (non-hydrogen) atoms. The first kappa shape index (κ1) is 23.7. The first-order valence-electron chi connectivity index (χ1n) is 12.4. The van der Waals surface area contributed by atoms with E-state index in [4.69, 9.17) is 26.0 Å². The van der Waals surface area contributed by atoms with Gasteiger partial charge >= 0.3 is 6.09 Å². The average molecular weight is 458 g/mol. The second-order valence-electron chi connectivity index (χ2n) is 9.94. The molecule has 0 saturated heterocycles. The summed E-state index contributed by atoms with van der Waals surface area (Å²) < 4.78 is 11.9. The molecule has 0 unspecified atom stereocenters. The summed E-state index contributed by atoms with van der Waals surface area (Å²) in [5.41, 5.74) is 9.05. The maximum absolute atomic E-state index is 12.4. The van der Waals surface area contributed by atoms with Crippen molar-refractivity contribution >= 4 is 11.8 Å². The Labute approximate surface area is 197 Å². The van der Waals surface area contributed by atoms with Crippen LogP contribution in [0.3, 0.4) is 0 Å². The Balaban J connectivity index is 1.46. The van der Waals surface area contributed by atoms with Crippen LogP contribution in [0.2, 0.25) is 0 Å². The van der Waals surface area contributed by atoms with Crippen molar-refractivity contribution < 1.29 is 14.3 Å². The summed E-state index contributed by atoms with van der Waals surface area (Å²) in [5.74, 6) is 7.94. The van der Waals surface area contributed by atoms with E-state index in [1.165, 1.54) is 43.5 Å². The molecule has 3 saturated carbocycles. The van der Waals surface area contributed by atoms with Crippen molar-refractivity contribution in [3.8, 4) is 5.75 Å². The number of pyridine rings is 1. The molecule has 0 atom stereocenters. The molecule has 1 aromatic heterocycles. The molecule has 1 aromatic rings. The number of ether oxygens (including phenoxy) is 2. The van der Waals surface area contributed by atoms with Crippen molar-refractivity contribution in [1.82, 2.24) is 14.9 Å². The highest BCUT2D eigenvalue weighted by molar-refractivity contribution is 5.68. The largest absolute Gasteiger partial charge is 0.489 e. The standard InChI is InChI=1S/C25H39N5O3/c1-29(15-17-7-6-8-17)25(31)32-16-21(30(2)27)23(26)20-13-14-22(24(28-20)18-11-12-18)33-19-9-4-3-5-10-19/h13-14,17-19H,3-12,15-16,26-27H2,1-2H3/b23-21-. The Morgan fingerprint density at radius 2 is 1.79 bits per heavy atom. The van der Waals surface area contributed by atoms with Crippen molar-refractivity contribution in [3.63, 3.8) is 0 Å². The third-order valence-electron chi connectivity index (χ3n) is 7.11. The molecule has 8 heteroatoms. The van der Waals surface area contributed by atoms with Crippen LogP contribution >= 0.6 is 0 Å². The molecule has 0 spiro atoms. The fourth-order valence-corrected chi connectivity index (χ4v) is 4.62. The van der Waals surface area contributed by atoms with Crippen LogP contribution in [0.4, 0.5) is 4.79 Å². The number of carbonyl (C=O) groups is 1. The van der Waals surface area contributed by atoms with Gasteiger partial charge in [0.1, 0.15) is 12.4 Å². The number of aromatic nitrogens is 1. The minimum atomic E-state index is -0.364. The lowest BCUT2D eigenvalue weighted by Gasteiger charge is -2.30. The highest BCUT2D eigenvalue weighted by Crippen LogP contribution is 2.44. The van der Waals surface area contributed by atoms with Gasteiger partial charge in [0, 0.05) is 26.6 Å². The number of carbonyl (C=O) groups excluding carboxylic acids is 1. The number of amides is 1. The zero-order chi connectivity index (χ0) is 23.4. The number of hydrazine groups is 1. The third kappa shape index (κ3) is 6.10. The van der Waals surface area contributed by atoms with Gasteiger partial charge in [-0.25, -0.2) is 15.6 Å². The van der Waals surface area contributed by atoms with E-state index >= 15 is 0 Å². The van der Waals surface area contributed by atoms with Gasteiger partial charge in [0.15, 0.2) is 0 Å². The molecule has 1 amide bonds. The van der Waals surface area contributed by atoms with E-state index in [0.717, 1.165) is 43.7 Å². The molecule has 3 aliphatic rings. The Kier molecular flexibility index (Phi) is 7.63. The Bertz CT molecular complexity index is 858. The van der Waals surface area contributed by atoms with Gasteiger partial charge in [0.05, 0.1) is 28.9 Å². The van der Waals surface area contributed by atoms with E-state index in [0.29, 0.717) is 28.9 Å². The molecular formula is C25H39N5O3. The molecule has 3 aliphatic carbocycles. The quantitative estimate of drug-likeness (QED) is 0.427. The lowest BCUT2D eigenvalue weighted by atomic mass is 9.85. The van der Waals surface area contributed by atoms with Crippen LogP contribution in [0.5, 0.6) is 5.75 Å². The van der Waals surface area contributed by atoms with Crippen molar-refractivity contribution in [2.24, 2.45) is 17.5 Å². The van der Waals surface area contributed by atoms with Crippen molar-refractivity contribution in [1.29, 1.82) is 0 Å². The summed E-state index contributed by atoms with van der Waals surface area (Å²) in [5, 5.41) is 1.40. The summed E-state index contributed by atoms with van der Waals surface area (Å²) in [6.45, 7) is 0.716. The maximum Gasteiger partial charge on any atom is 0.409 e. The predicted octanol–water partition coefficient (Wildman–Crippen LogP) is 3.97. The zero-order valence-corrected chi connectivity index (χ0v) is 20.1. The van der Waals surface area contributed by atoms with Gasteiger partial charge in [-0.15, -0.1) is 0 Å². The highest BCUT2D eigenvalue weighted by Gasteiger charge is 2.30. The number of hydrogen-bond acceptors (Lipinski definition) is 7. The van der Waals surface area contributed by atoms with Crippen LogP contribution in [-0.2, 0) is 4.74 Å². The van der Waals surface area contributed by atoms with E-state index in [1.807, 2.05) is 12.1 Å². The molecule has 4 N–H and O–H groups in total. The molecule has 4 rings (SSSR count). The minimum Gasteiger partial charge on any atom is -0.489 e. The summed E-state index contributed by atoms with van der Waals surface area (Å²) in [4.78, 5) is 19.0. The van der Waals surface area contributed by atoms with E-state index in [2.05, 4.69) is 0 Å². The summed E-state index contributed by atoms with van der Waals surface area (Å²) in [6, 6.07) is 3.87. The van der Waals surface area contributed by atoms with Gasteiger partial charge in [-0.1, -0.05) is 12.8 Å². The summed E-state index contributed by atoms with van der Waals surface area (Å²) in [7, 11) is 3.46. The zero-order valence-electron chi connectivity index (χ0n) is 20.1. The van der Waals surface area contributed by atoms with Gasteiger partial charge in [-0.3, -0.25) is 0 Å². The lowest BCUT2D eigenvalue weighted by molar-refractivity contribution is 0.101. The number of nitrogens with two attached hydrogens (primary N) is 2. The molecule has 0 bridgehead atoms. The normalized spacial score (nSPS) is 20.0. The Morgan fingerprint density at radius 3 is 2.39 bits per heavy atom. The maximum atomic E-state index is 12.4. The second-order valence-corrected chi connectivity index (χ2v) is 9.94. The topological polar surface area (TPSA) is 107 Å². The monoisotopic (exact) mass is 457 g/mol. The molecule has 0 radical (unpaired) electrons. The molecular weight excluding hydrogens is 418 g/mol. The molecule has 3 fully saturated rings. The first-order valence-corrected chi connectivity index (χ1v) is 12.4. The van der Waals surface area contributed by atoms with Crippen molar-refractivity contribution in [2.75, 3.05) is 27.2 Å². The SMILES string of the molecule is CN(CC1CCC1)C(=O)OC/C(=C(/N)c1ccc(OC2CCCCC2)c(C2CC2)n1)N(C)N. The van der Waals surface area contributed by atoms with E-state index in [9.17, 15) is 4.79 Å². The number of hydrogen-bond donors (Lipinski definition) is 2. The lowest BCUT2D eigenvalue weighted by Crippen LogP contribution is -2.37. The van der Waals surface area contributed by atoms with E-state index in [1.54, 1.807) is 19.0 Å². The van der Waals surface area contributed by atoms with Crippen LogP contribution in [0.15, 0.2) is 17.8 Å². The van der Waals surface area contributed by atoms with E-state index in [-0.39, 0.29) is 18.8 Å². The van der Waals surface area contributed by atoms with Crippen LogP contribution in [0.1, 0.15) is 81.5 Å². The van der Waals surface area contributed by atoms with Crippen molar-refractivity contribution in [2.45, 2.75) is 76.2 Å². The average Bonchev–Trinajstić information content (AvgIpc) is 3.62. The summed E-state index contributed by atoms with van der Waals surface area (Å²) in [6.07, 6.45) is 11.7. The number of rotatable bonds is 9. The minimum absolute atomic E-state index is 0.00651. The second kappa shape index (κ2) is 10.6. The number of nitrogens with zero attached hydrogens (tertiary/aromatic N) is 3. The molecule has 182 valence electrons. The fourth-order valence-electron chi connectivity index (χ4n) is 4.62. The van der Waals surface area contributed by atoms with Crippen LogP contribution in [-0.4, -0.2) is 54.3 Å². The van der Waals surface area contributed by atoms with Gasteiger partial charge < -0.3 is 25.1 Å². The van der Waals surface area contributed by atoms with Gasteiger partial charge in [-0.05, 0) is 69.4 Å². The predicted molar refractivity (Wildman–Crippen MR) is 128 cm³/mol. The van der Waals surface area contributed by atoms with Crippen molar-refractivity contribution in [3.05, 3.63) is 29.2 Å². The third-order valence-corrected chi connectivity index (χ3v) is 7.11. The number of likely N-dealkylation sites (N-methyl/N-ethyl adjacent to an activating group) is 1. The van der Waals surface area contributed by atoms with Gasteiger partial charge in [-0.2, -0.15) is 0 Å². The smallest absolute Gasteiger partial charge is 0.409 e. The Hall–Kier alpha value is -2.48. The summed E-state index contributed by atoms with van der Waals surface area (Å²) >= 11 is 0. The molecule has 8 nitrogen and oxygen atoms in total. The van der Waals surface area contributed by atoms with Crippen LogP contribution < -0.4 is 16.3 Å². The molecule has 1 heterocycles. The van der Waals surface area contributed by atoms with E-state index < -0.39 is 0 Å². The molecule has 0 aromatic carbocycles. The van der Waals surface area contributed by atoms with Gasteiger partial charge in [0.25, 0.3) is 0 Å². The fraction of sp³-hybridized carbons (Fsp3) is 0.680. The van der Waals surface area contributed by atoms with Gasteiger partial charge in [0.2, 0.25) is 0 Å². The van der Waals surface area contributed by atoms with Crippen LogP contribution in [0.25, 0.3) is 5.70 Å². The molecule has 0 aliphatic heterocycles. The highest BCUT2D eigenvalue weighted by atomic mass is 16.6.